The van der Waals surface area contributed by atoms with Gasteiger partial charge in [0.25, 0.3) is 0 Å². The van der Waals surface area contributed by atoms with Crippen molar-refractivity contribution in [3.05, 3.63) is 46.8 Å². The Morgan fingerprint density at radius 3 is 2.94 bits per heavy atom. The van der Waals surface area contributed by atoms with Crippen LogP contribution >= 0.6 is 0 Å². The van der Waals surface area contributed by atoms with Crippen LogP contribution in [0.3, 0.4) is 0 Å². The summed E-state index contributed by atoms with van der Waals surface area (Å²) >= 11 is 0. The Kier molecular flexibility index (Phi) is 2.78. The molecule has 1 atom stereocenters. The van der Waals surface area contributed by atoms with Crippen LogP contribution in [0.2, 0.25) is 0 Å². The number of H-pyrrole nitrogens is 1. The molecule has 2 aromatic heterocycles. The zero-order valence-electron chi connectivity index (χ0n) is 8.84. The van der Waals surface area contributed by atoms with Crippen LogP contribution in [0.15, 0.2) is 35.4 Å². The van der Waals surface area contributed by atoms with Crippen molar-refractivity contribution < 1.29 is 0 Å². The lowest BCUT2D eigenvalue weighted by Gasteiger charge is -2.06. The van der Waals surface area contributed by atoms with E-state index in [1.165, 1.54) is 0 Å². The molecule has 16 heavy (non-hydrogen) atoms. The number of rotatable bonds is 2. The first-order chi connectivity index (χ1) is 7.66. The molecular formula is C11H12N4O. The highest BCUT2D eigenvalue weighted by Crippen LogP contribution is 2.15. The highest BCUT2D eigenvalue weighted by atomic mass is 16.1. The number of nitrogens with two attached hydrogens (primary N) is 1. The molecule has 0 radical (unpaired) electrons. The number of aromatic nitrogens is 3. The van der Waals surface area contributed by atoms with Crippen molar-refractivity contribution in [1.82, 2.24) is 15.0 Å². The SMILES string of the molecule is CC(N)c1cc(-c2cccnc2)nc(=O)[nH]1. The number of nitrogens with one attached hydrogen (secondary N) is 1. The van der Waals surface area contributed by atoms with Crippen LogP contribution in [0.5, 0.6) is 0 Å². The van der Waals surface area contributed by atoms with Crippen LogP contribution < -0.4 is 11.4 Å². The highest BCUT2D eigenvalue weighted by Gasteiger charge is 2.06. The molecule has 5 heteroatoms. The van der Waals surface area contributed by atoms with Gasteiger partial charge in [-0.15, -0.1) is 0 Å². The summed E-state index contributed by atoms with van der Waals surface area (Å²) in [5.41, 5.74) is 7.38. The number of hydrogen-bond acceptors (Lipinski definition) is 4. The summed E-state index contributed by atoms with van der Waals surface area (Å²) in [5, 5.41) is 0. The van der Waals surface area contributed by atoms with Gasteiger partial charge in [0, 0.05) is 29.7 Å². The van der Waals surface area contributed by atoms with E-state index in [1.807, 2.05) is 6.07 Å². The van der Waals surface area contributed by atoms with E-state index >= 15 is 0 Å². The average Bonchev–Trinajstić information content (AvgIpc) is 2.29. The average molecular weight is 216 g/mol. The first-order valence-electron chi connectivity index (χ1n) is 4.94. The fourth-order valence-corrected chi connectivity index (χ4v) is 1.38. The molecule has 0 spiro atoms. The summed E-state index contributed by atoms with van der Waals surface area (Å²) in [7, 11) is 0. The van der Waals surface area contributed by atoms with Gasteiger partial charge in [-0.05, 0) is 25.1 Å². The Labute approximate surface area is 92.4 Å². The van der Waals surface area contributed by atoms with Crippen LogP contribution in [0, 0.1) is 0 Å². The smallest absolute Gasteiger partial charge is 0.323 e. The van der Waals surface area contributed by atoms with Crippen LogP contribution in [0.25, 0.3) is 11.3 Å². The molecule has 1 unspecified atom stereocenters. The van der Waals surface area contributed by atoms with E-state index in [4.69, 9.17) is 5.73 Å². The van der Waals surface area contributed by atoms with Gasteiger partial charge in [0.05, 0.1) is 5.69 Å². The van der Waals surface area contributed by atoms with Crippen LogP contribution in [0.4, 0.5) is 0 Å². The summed E-state index contributed by atoms with van der Waals surface area (Å²) < 4.78 is 0. The maximum Gasteiger partial charge on any atom is 0.345 e. The molecule has 2 aromatic rings. The zero-order valence-corrected chi connectivity index (χ0v) is 8.84. The van der Waals surface area contributed by atoms with Gasteiger partial charge < -0.3 is 10.7 Å². The maximum atomic E-state index is 11.3. The van der Waals surface area contributed by atoms with Crippen LogP contribution in [-0.2, 0) is 0 Å². The lowest BCUT2D eigenvalue weighted by Crippen LogP contribution is -2.18. The van der Waals surface area contributed by atoms with Crippen molar-refractivity contribution in [3.63, 3.8) is 0 Å². The largest absolute Gasteiger partial charge is 0.345 e. The van der Waals surface area contributed by atoms with Crippen molar-refractivity contribution in [2.24, 2.45) is 5.73 Å². The third-order valence-electron chi connectivity index (χ3n) is 2.21. The topological polar surface area (TPSA) is 84.7 Å². The molecule has 82 valence electrons. The first kappa shape index (κ1) is 10.5. The summed E-state index contributed by atoms with van der Waals surface area (Å²) in [6.07, 6.45) is 3.33. The number of hydrogen-bond donors (Lipinski definition) is 2. The normalized spacial score (nSPS) is 12.4. The summed E-state index contributed by atoms with van der Waals surface area (Å²) in [6.45, 7) is 1.80. The van der Waals surface area contributed by atoms with Gasteiger partial charge in [-0.3, -0.25) is 4.98 Å². The van der Waals surface area contributed by atoms with E-state index in [0.717, 1.165) is 5.56 Å². The lowest BCUT2D eigenvalue weighted by molar-refractivity contribution is 0.766. The molecule has 0 fully saturated rings. The van der Waals surface area contributed by atoms with E-state index in [9.17, 15) is 4.79 Å². The Morgan fingerprint density at radius 1 is 1.50 bits per heavy atom. The third kappa shape index (κ3) is 2.14. The van der Waals surface area contributed by atoms with Gasteiger partial charge in [-0.1, -0.05) is 0 Å². The molecule has 0 aliphatic carbocycles. The van der Waals surface area contributed by atoms with E-state index < -0.39 is 5.69 Å². The molecule has 0 aliphatic heterocycles. The van der Waals surface area contributed by atoms with Crippen molar-refractivity contribution in [3.8, 4) is 11.3 Å². The van der Waals surface area contributed by atoms with Gasteiger partial charge >= 0.3 is 5.69 Å². The third-order valence-corrected chi connectivity index (χ3v) is 2.21. The fraction of sp³-hybridized carbons (Fsp3) is 0.182. The second-order valence-electron chi connectivity index (χ2n) is 3.56. The summed E-state index contributed by atoms with van der Waals surface area (Å²) in [4.78, 5) is 21.8. The molecule has 3 N–H and O–H groups in total. The zero-order chi connectivity index (χ0) is 11.5. The lowest BCUT2D eigenvalue weighted by atomic mass is 10.1. The van der Waals surface area contributed by atoms with E-state index in [1.54, 1.807) is 31.5 Å². The number of nitrogens with zero attached hydrogens (tertiary/aromatic N) is 2. The summed E-state index contributed by atoms with van der Waals surface area (Å²) in [6, 6.07) is 5.18. The molecule has 2 rings (SSSR count). The fourth-order valence-electron chi connectivity index (χ4n) is 1.38. The van der Waals surface area contributed by atoms with Crippen LogP contribution in [-0.4, -0.2) is 15.0 Å². The summed E-state index contributed by atoms with van der Waals surface area (Å²) in [5.74, 6) is 0. The number of aromatic amines is 1. The van der Waals surface area contributed by atoms with Crippen LogP contribution in [0.1, 0.15) is 18.7 Å². The van der Waals surface area contributed by atoms with Crippen molar-refractivity contribution in [2.75, 3.05) is 0 Å². The maximum absolute atomic E-state index is 11.3. The predicted molar refractivity (Wildman–Crippen MR) is 60.7 cm³/mol. The Hall–Kier alpha value is -2.01. The highest BCUT2D eigenvalue weighted by molar-refractivity contribution is 5.57. The second kappa shape index (κ2) is 4.24. The minimum absolute atomic E-state index is 0.230. The molecule has 5 nitrogen and oxygen atoms in total. The number of pyridine rings is 1. The van der Waals surface area contributed by atoms with Gasteiger partial charge in [-0.2, -0.15) is 4.98 Å². The van der Waals surface area contributed by atoms with Crippen molar-refractivity contribution in [1.29, 1.82) is 0 Å². The monoisotopic (exact) mass is 216 g/mol. The Balaban J connectivity index is 2.54. The van der Waals surface area contributed by atoms with Crippen molar-refractivity contribution >= 4 is 0 Å². The molecule has 0 aromatic carbocycles. The van der Waals surface area contributed by atoms with E-state index in [0.29, 0.717) is 11.4 Å². The standard InChI is InChI=1S/C11H12N4O/c1-7(12)9-5-10(15-11(16)14-9)8-3-2-4-13-6-8/h2-7H,12H2,1H3,(H,14,15,16). The van der Waals surface area contributed by atoms with Crippen molar-refractivity contribution in [2.45, 2.75) is 13.0 Å². The molecule has 0 amide bonds. The van der Waals surface area contributed by atoms with E-state index in [2.05, 4.69) is 15.0 Å². The quantitative estimate of drug-likeness (QED) is 0.779. The van der Waals surface area contributed by atoms with Gasteiger partial charge in [0.15, 0.2) is 0 Å². The van der Waals surface area contributed by atoms with E-state index in [-0.39, 0.29) is 6.04 Å². The van der Waals surface area contributed by atoms with Gasteiger partial charge in [0.1, 0.15) is 0 Å². The minimum atomic E-state index is -0.395. The Bertz CT molecular complexity index is 533. The first-order valence-corrected chi connectivity index (χ1v) is 4.94. The molecule has 0 bridgehead atoms. The second-order valence-corrected chi connectivity index (χ2v) is 3.56. The predicted octanol–water partition coefficient (Wildman–Crippen LogP) is 0.852. The molecule has 0 saturated heterocycles. The minimum Gasteiger partial charge on any atom is -0.323 e. The molecule has 2 heterocycles. The molecule has 0 aliphatic rings. The van der Waals surface area contributed by atoms with Gasteiger partial charge in [0.2, 0.25) is 0 Å². The molecule has 0 saturated carbocycles. The Morgan fingerprint density at radius 2 is 2.31 bits per heavy atom. The van der Waals surface area contributed by atoms with Gasteiger partial charge in [-0.25, -0.2) is 4.79 Å². The molecular weight excluding hydrogens is 204 g/mol.